The highest BCUT2D eigenvalue weighted by Gasteiger charge is 2.10. The Bertz CT molecular complexity index is 655. The van der Waals surface area contributed by atoms with Gasteiger partial charge in [0.1, 0.15) is 12.4 Å². The minimum Gasteiger partial charge on any atom is -0.492 e. The molecule has 3 N–H and O–H groups in total. The lowest BCUT2D eigenvalue weighted by Crippen LogP contribution is -2.30. The minimum atomic E-state index is -3.32. The molecule has 0 aliphatic heterocycles. The monoisotopic (exact) mass is 326 g/mol. The molecule has 0 amide bonds. The Labute approximate surface area is 128 Å². The number of nitrogens with two attached hydrogens (primary N) is 1. The number of sulfonamides is 1. The van der Waals surface area contributed by atoms with Crippen LogP contribution >= 0.6 is 11.3 Å². The molecule has 7 heteroatoms. The van der Waals surface area contributed by atoms with Gasteiger partial charge < -0.3 is 10.5 Å². The molecule has 0 saturated heterocycles. The Morgan fingerprint density at radius 3 is 2.86 bits per heavy atom. The van der Waals surface area contributed by atoms with E-state index in [0.29, 0.717) is 24.4 Å². The van der Waals surface area contributed by atoms with Crippen molar-refractivity contribution in [2.24, 2.45) is 0 Å². The smallest absolute Gasteiger partial charge is 0.214 e. The van der Waals surface area contributed by atoms with Gasteiger partial charge in [0.25, 0.3) is 0 Å². The Balaban J connectivity index is 1.71. The largest absolute Gasteiger partial charge is 0.492 e. The highest BCUT2D eigenvalue weighted by Crippen LogP contribution is 2.14. The Hall–Kier alpha value is -1.57. The molecule has 0 fully saturated rings. The fourth-order valence-corrected chi connectivity index (χ4v) is 3.29. The molecule has 1 aromatic heterocycles. The van der Waals surface area contributed by atoms with Crippen molar-refractivity contribution < 1.29 is 13.2 Å². The normalized spacial score (nSPS) is 11.4. The summed E-state index contributed by atoms with van der Waals surface area (Å²) in [5.74, 6) is 0.495. The van der Waals surface area contributed by atoms with Crippen LogP contribution in [0.25, 0.3) is 0 Å². The average Bonchev–Trinajstić information content (AvgIpc) is 2.91. The molecule has 2 rings (SSSR count). The molecule has 0 bridgehead atoms. The summed E-state index contributed by atoms with van der Waals surface area (Å²) in [6, 6.07) is 8.90. The van der Waals surface area contributed by atoms with Crippen LogP contribution in [0.5, 0.6) is 5.75 Å². The maximum absolute atomic E-state index is 11.8. The zero-order valence-electron chi connectivity index (χ0n) is 11.5. The molecule has 5 nitrogen and oxygen atoms in total. The van der Waals surface area contributed by atoms with Gasteiger partial charge in [-0.05, 0) is 40.9 Å². The Kier molecular flexibility index (Phi) is 5.60. The van der Waals surface area contributed by atoms with Crippen molar-refractivity contribution in [2.45, 2.75) is 6.42 Å². The third-order valence-corrected chi connectivity index (χ3v) is 4.87. The first kappa shape index (κ1) is 15.8. The van der Waals surface area contributed by atoms with Crippen molar-refractivity contribution in [3.05, 3.63) is 46.7 Å². The molecule has 0 saturated carbocycles. The van der Waals surface area contributed by atoms with E-state index >= 15 is 0 Å². The second-order valence-corrected chi connectivity index (χ2v) is 7.22. The molecule has 21 heavy (non-hydrogen) atoms. The lowest BCUT2D eigenvalue weighted by atomic mass is 10.2. The van der Waals surface area contributed by atoms with E-state index in [2.05, 4.69) is 4.72 Å². The molecule has 0 atom stereocenters. The fourth-order valence-electron chi connectivity index (χ4n) is 1.73. The maximum Gasteiger partial charge on any atom is 0.214 e. The van der Waals surface area contributed by atoms with E-state index in [9.17, 15) is 8.42 Å². The third kappa shape index (κ3) is 5.74. The van der Waals surface area contributed by atoms with E-state index in [4.69, 9.17) is 10.5 Å². The van der Waals surface area contributed by atoms with E-state index in [-0.39, 0.29) is 12.4 Å². The summed E-state index contributed by atoms with van der Waals surface area (Å²) in [7, 11) is -3.32. The third-order valence-electron chi connectivity index (χ3n) is 2.79. The molecule has 0 aliphatic rings. The second kappa shape index (κ2) is 7.44. The highest BCUT2D eigenvalue weighted by atomic mass is 32.2. The molecular weight excluding hydrogens is 308 g/mol. The van der Waals surface area contributed by atoms with Crippen LogP contribution in [0.3, 0.4) is 0 Å². The van der Waals surface area contributed by atoms with E-state index in [1.807, 2.05) is 16.8 Å². The van der Waals surface area contributed by atoms with Gasteiger partial charge in [0.05, 0.1) is 5.75 Å². The molecule has 1 heterocycles. The van der Waals surface area contributed by atoms with Gasteiger partial charge in [0.2, 0.25) is 10.0 Å². The van der Waals surface area contributed by atoms with Crippen molar-refractivity contribution in [1.29, 1.82) is 0 Å². The minimum absolute atomic E-state index is 0.0779. The van der Waals surface area contributed by atoms with Crippen molar-refractivity contribution in [2.75, 3.05) is 24.6 Å². The van der Waals surface area contributed by atoms with Crippen LogP contribution in [0.2, 0.25) is 0 Å². The van der Waals surface area contributed by atoms with Crippen molar-refractivity contribution in [3.8, 4) is 5.75 Å². The van der Waals surface area contributed by atoms with E-state index < -0.39 is 10.0 Å². The van der Waals surface area contributed by atoms with Crippen molar-refractivity contribution in [3.63, 3.8) is 0 Å². The predicted octanol–water partition coefficient (Wildman–Crippen LogP) is 1.87. The van der Waals surface area contributed by atoms with Crippen molar-refractivity contribution >= 4 is 27.0 Å². The molecule has 1 aromatic carbocycles. The van der Waals surface area contributed by atoms with E-state index in [1.165, 1.54) is 0 Å². The molecule has 0 aliphatic carbocycles. The summed E-state index contributed by atoms with van der Waals surface area (Å²) < 4.78 is 31.6. The van der Waals surface area contributed by atoms with Crippen LogP contribution < -0.4 is 15.2 Å². The lowest BCUT2D eigenvalue weighted by Gasteiger charge is -2.08. The number of thiophene rings is 1. The van der Waals surface area contributed by atoms with Crippen LogP contribution in [-0.2, 0) is 16.4 Å². The predicted molar refractivity (Wildman–Crippen MR) is 86.2 cm³/mol. The van der Waals surface area contributed by atoms with Crippen LogP contribution in [0.1, 0.15) is 5.56 Å². The second-order valence-electron chi connectivity index (χ2n) is 4.52. The zero-order chi connectivity index (χ0) is 15.1. The van der Waals surface area contributed by atoms with E-state index in [0.717, 1.165) is 5.56 Å². The number of nitrogens with one attached hydrogen (secondary N) is 1. The van der Waals surface area contributed by atoms with E-state index in [1.54, 1.807) is 35.6 Å². The number of hydrogen-bond donors (Lipinski definition) is 2. The average molecular weight is 326 g/mol. The fraction of sp³-hybridized carbons (Fsp3) is 0.286. The molecule has 2 aromatic rings. The number of hydrogen-bond acceptors (Lipinski definition) is 5. The SMILES string of the molecule is Nc1cccc(OCCS(=O)(=O)NCCc2ccsc2)c1. The maximum atomic E-state index is 11.8. The van der Waals surface area contributed by atoms with Gasteiger partial charge in [-0.1, -0.05) is 6.07 Å². The van der Waals surface area contributed by atoms with Gasteiger partial charge in [-0.25, -0.2) is 13.1 Å². The quantitative estimate of drug-likeness (QED) is 0.726. The van der Waals surface area contributed by atoms with Gasteiger partial charge in [-0.3, -0.25) is 0 Å². The number of benzene rings is 1. The first-order valence-corrected chi connectivity index (χ1v) is 9.11. The summed E-state index contributed by atoms with van der Waals surface area (Å²) in [5.41, 5.74) is 7.34. The summed E-state index contributed by atoms with van der Waals surface area (Å²) >= 11 is 1.60. The Morgan fingerprint density at radius 1 is 1.29 bits per heavy atom. The lowest BCUT2D eigenvalue weighted by molar-refractivity contribution is 0.340. The Morgan fingerprint density at radius 2 is 2.14 bits per heavy atom. The number of nitrogen functional groups attached to an aromatic ring is 1. The molecule has 0 spiro atoms. The standard InChI is InChI=1S/C14H18N2O3S2/c15-13-2-1-3-14(10-13)19-7-9-21(17,18)16-6-4-12-5-8-20-11-12/h1-3,5,8,10-11,16H,4,6-7,9,15H2. The summed E-state index contributed by atoms with van der Waals surface area (Å²) in [6.07, 6.45) is 0.693. The van der Waals surface area contributed by atoms with Gasteiger partial charge in [-0.2, -0.15) is 11.3 Å². The summed E-state index contributed by atoms with van der Waals surface area (Å²) in [6.45, 7) is 0.495. The highest BCUT2D eigenvalue weighted by molar-refractivity contribution is 7.89. The van der Waals surface area contributed by atoms with Gasteiger partial charge in [-0.15, -0.1) is 0 Å². The summed E-state index contributed by atoms with van der Waals surface area (Å²) in [5, 5.41) is 3.99. The number of ether oxygens (including phenoxy) is 1. The van der Waals surface area contributed by atoms with Crippen LogP contribution in [0.4, 0.5) is 5.69 Å². The number of rotatable bonds is 8. The summed E-state index contributed by atoms with van der Waals surface area (Å²) in [4.78, 5) is 0. The van der Waals surface area contributed by atoms with Crippen LogP contribution in [0, 0.1) is 0 Å². The molecular formula is C14H18N2O3S2. The number of anilines is 1. The molecule has 0 radical (unpaired) electrons. The van der Waals surface area contributed by atoms with Gasteiger partial charge in [0, 0.05) is 18.3 Å². The van der Waals surface area contributed by atoms with Gasteiger partial charge >= 0.3 is 0 Å². The topological polar surface area (TPSA) is 81.4 Å². The zero-order valence-corrected chi connectivity index (χ0v) is 13.1. The van der Waals surface area contributed by atoms with Gasteiger partial charge in [0.15, 0.2) is 0 Å². The van der Waals surface area contributed by atoms with Crippen molar-refractivity contribution in [1.82, 2.24) is 4.72 Å². The first-order valence-electron chi connectivity index (χ1n) is 6.52. The molecule has 0 unspecified atom stereocenters. The first-order chi connectivity index (χ1) is 10.1. The van der Waals surface area contributed by atoms with Crippen LogP contribution in [-0.4, -0.2) is 27.3 Å². The van der Waals surface area contributed by atoms with Crippen LogP contribution in [0.15, 0.2) is 41.1 Å². The molecule has 114 valence electrons.